The molecular formula is C12H19N3O2. The Morgan fingerprint density at radius 3 is 3.00 bits per heavy atom. The highest BCUT2D eigenvalue weighted by atomic mass is 16.5. The van der Waals surface area contributed by atoms with Crippen molar-refractivity contribution in [2.45, 2.75) is 38.1 Å². The van der Waals surface area contributed by atoms with Crippen LogP contribution in [0.3, 0.4) is 0 Å². The largest absolute Gasteiger partial charge is 0.464 e. The summed E-state index contributed by atoms with van der Waals surface area (Å²) >= 11 is 0. The average Bonchev–Trinajstić information content (AvgIpc) is 2.98. The maximum atomic E-state index is 11.6. The fraction of sp³-hybridized carbons (Fsp3) is 0.667. The number of imidazole rings is 1. The number of hydrogen-bond acceptors (Lipinski definition) is 4. The Morgan fingerprint density at radius 1 is 1.59 bits per heavy atom. The lowest BCUT2D eigenvalue weighted by molar-refractivity contribution is -0.146. The van der Waals surface area contributed by atoms with Gasteiger partial charge in [-0.25, -0.2) is 4.98 Å². The predicted octanol–water partition coefficient (Wildman–Crippen LogP) is 1.01. The third kappa shape index (κ3) is 3.56. The molecule has 1 aliphatic carbocycles. The van der Waals surface area contributed by atoms with Crippen molar-refractivity contribution in [3.8, 4) is 0 Å². The van der Waals surface area contributed by atoms with Crippen LogP contribution in [0.4, 0.5) is 0 Å². The molecule has 0 spiro atoms. The van der Waals surface area contributed by atoms with E-state index in [4.69, 9.17) is 10.5 Å². The van der Waals surface area contributed by atoms with Gasteiger partial charge in [-0.05, 0) is 18.8 Å². The van der Waals surface area contributed by atoms with Gasteiger partial charge in [0.25, 0.3) is 0 Å². The third-order valence-corrected chi connectivity index (χ3v) is 3.23. The van der Waals surface area contributed by atoms with E-state index in [0.29, 0.717) is 18.9 Å². The van der Waals surface area contributed by atoms with Gasteiger partial charge in [0, 0.05) is 18.3 Å². The van der Waals surface area contributed by atoms with Crippen molar-refractivity contribution in [2.75, 3.05) is 6.61 Å². The van der Waals surface area contributed by atoms with E-state index >= 15 is 0 Å². The average molecular weight is 237 g/mol. The summed E-state index contributed by atoms with van der Waals surface area (Å²) < 4.78 is 5.24. The Balaban J connectivity index is 1.71. The summed E-state index contributed by atoms with van der Waals surface area (Å²) in [5.41, 5.74) is 6.63. The molecule has 1 aliphatic rings. The second-order valence-electron chi connectivity index (χ2n) is 4.67. The molecule has 0 bridgehead atoms. The monoisotopic (exact) mass is 237 g/mol. The van der Waals surface area contributed by atoms with Crippen LogP contribution >= 0.6 is 0 Å². The van der Waals surface area contributed by atoms with Crippen LogP contribution in [0.1, 0.15) is 31.4 Å². The summed E-state index contributed by atoms with van der Waals surface area (Å²) in [6.45, 7) is 0.523. The maximum absolute atomic E-state index is 11.6. The molecule has 0 saturated heterocycles. The molecular weight excluding hydrogens is 218 g/mol. The molecule has 0 unspecified atom stereocenters. The van der Waals surface area contributed by atoms with E-state index in [0.717, 1.165) is 5.69 Å². The van der Waals surface area contributed by atoms with E-state index in [9.17, 15) is 4.79 Å². The molecule has 0 radical (unpaired) electrons. The predicted molar refractivity (Wildman–Crippen MR) is 63.2 cm³/mol. The Kier molecular flexibility index (Phi) is 4.14. The molecule has 5 heteroatoms. The van der Waals surface area contributed by atoms with Gasteiger partial charge in [-0.1, -0.05) is 12.8 Å². The third-order valence-electron chi connectivity index (χ3n) is 3.23. The molecule has 3 N–H and O–H groups in total. The quantitative estimate of drug-likeness (QED) is 0.749. The number of carbonyl (C=O) groups excluding carboxylic acids is 1. The Hall–Kier alpha value is -1.36. The van der Waals surface area contributed by atoms with Crippen molar-refractivity contribution in [3.63, 3.8) is 0 Å². The van der Waals surface area contributed by atoms with E-state index < -0.39 is 6.04 Å². The smallest absolute Gasteiger partial charge is 0.323 e. The summed E-state index contributed by atoms with van der Waals surface area (Å²) in [6, 6.07) is -0.600. The molecule has 1 heterocycles. The van der Waals surface area contributed by atoms with E-state index in [1.54, 1.807) is 12.5 Å². The molecule has 1 aromatic heterocycles. The minimum Gasteiger partial charge on any atom is -0.464 e. The lowest BCUT2D eigenvalue weighted by Crippen LogP contribution is -2.35. The lowest BCUT2D eigenvalue weighted by atomic mass is 10.1. The van der Waals surface area contributed by atoms with Crippen molar-refractivity contribution in [2.24, 2.45) is 11.7 Å². The number of ether oxygens (including phenoxy) is 1. The number of nitrogens with two attached hydrogens (primary N) is 1. The summed E-state index contributed by atoms with van der Waals surface area (Å²) in [5, 5.41) is 0. The SMILES string of the molecule is N[C@H](Cc1cnc[nH]1)C(=O)OCC1CCCC1. The van der Waals surface area contributed by atoms with Crippen LogP contribution in [-0.2, 0) is 16.0 Å². The zero-order valence-electron chi connectivity index (χ0n) is 9.89. The van der Waals surface area contributed by atoms with Crippen LogP contribution in [0, 0.1) is 5.92 Å². The Morgan fingerprint density at radius 2 is 2.35 bits per heavy atom. The Bertz CT molecular complexity index is 345. The number of carbonyl (C=O) groups is 1. The number of aromatic amines is 1. The molecule has 2 rings (SSSR count). The van der Waals surface area contributed by atoms with E-state index in [-0.39, 0.29) is 5.97 Å². The van der Waals surface area contributed by atoms with Gasteiger partial charge in [0.15, 0.2) is 0 Å². The van der Waals surface area contributed by atoms with Crippen LogP contribution in [0.15, 0.2) is 12.5 Å². The van der Waals surface area contributed by atoms with Crippen molar-refractivity contribution in [1.29, 1.82) is 0 Å². The normalized spacial score (nSPS) is 18.2. The number of rotatable bonds is 5. The van der Waals surface area contributed by atoms with Gasteiger partial charge in [0.1, 0.15) is 6.04 Å². The van der Waals surface area contributed by atoms with E-state index in [1.807, 2.05) is 0 Å². The van der Waals surface area contributed by atoms with Gasteiger partial charge in [0.05, 0.1) is 12.9 Å². The summed E-state index contributed by atoms with van der Waals surface area (Å²) in [7, 11) is 0. The molecule has 1 aromatic rings. The molecule has 0 aromatic carbocycles. The molecule has 5 nitrogen and oxygen atoms in total. The first kappa shape index (κ1) is 12.1. The van der Waals surface area contributed by atoms with Crippen molar-refractivity contribution in [1.82, 2.24) is 9.97 Å². The Labute approximate surface area is 101 Å². The van der Waals surface area contributed by atoms with Gasteiger partial charge in [-0.3, -0.25) is 4.79 Å². The zero-order chi connectivity index (χ0) is 12.1. The fourth-order valence-corrected chi connectivity index (χ4v) is 2.20. The van der Waals surface area contributed by atoms with Gasteiger partial charge in [-0.15, -0.1) is 0 Å². The van der Waals surface area contributed by atoms with Crippen molar-refractivity contribution >= 4 is 5.97 Å². The molecule has 0 amide bonds. The fourth-order valence-electron chi connectivity index (χ4n) is 2.20. The summed E-state index contributed by atoms with van der Waals surface area (Å²) in [6.07, 6.45) is 8.54. The minimum absolute atomic E-state index is 0.313. The first-order chi connectivity index (χ1) is 8.25. The van der Waals surface area contributed by atoms with Gasteiger partial charge in [0.2, 0.25) is 0 Å². The second-order valence-corrected chi connectivity index (χ2v) is 4.67. The first-order valence-corrected chi connectivity index (χ1v) is 6.15. The molecule has 1 saturated carbocycles. The molecule has 17 heavy (non-hydrogen) atoms. The van der Waals surface area contributed by atoms with Crippen LogP contribution in [-0.4, -0.2) is 28.6 Å². The highest BCUT2D eigenvalue weighted by molar-refractivity contribution is 5.75. The van der Waals surface area contributed by atoms with Gasteiger partial charge >= 0.3 is 5.97 Å². The van der Waals surface area contributed by atoms with Crippen LogP contribution in [0.25, 0.3) is 0 Å². The lowest BCUT2D eigenvalue weighted by Gasteiger charge is -2.13. The number of nitrogens with zero attached hydrogens (tertiary/aromatic N) is 1. The zero-order valence-corrected chi connectivity index (χ0v) is 9.89. The number of aromatic nitrogens is 2. The highest BCUT2D eigenvalue weighted by Gasteiger charge is 2.20. The number of hydrogen-bond donors (Lipinski definition) is 2. The standard InChI is InChI=1S/C12H19N3O2/c13-11(5-10-6-14-8-15-10)12(16)17-7-9-3-1-2-4-9/h6,8-9,11H,1-5,7,13H2,(H,14,15)/t11-/m1/s1. The van der Waals surface area contributed by atoms with Crippen molar-refractivity contribution < 1.29 is 9.53 Å². The molecule has 1 atom stereocenters. The maximum Gasteiger partial charge on any atom is 0.323 e. The van der Waals surface area contributed by atoms with Gasteiger partial charge < -0.3 is 15.5 Å². The topological polar surface area (TPSA) is 81.0 Å². The summed E-state index contributed by atoms with van der Waals surface area (Å²) in [5.74, 6) is 0.227. The number of H-pyrrole nitrogens is 1. The van der Waals surface area contributed by atoms with Crippen LogP contribution < -0.4 is 5.73 Å². The second kappa shape index (κ2) is 5.82. The van der Waals surface area contributed by atoms with Gasteiger partial charge in [-0.2, -0.15) is 0 Å². The molecule has 1 fully saturated rings. The number of nitrogens with one attached hydrogen (secondary N) is 1. The molecule has 0 aliphatic heterocycles. The first-order valence-electron chi connectivity index (χ1n) is 6.15. The molecule has 94 valence electrons. The van der Waals surface area contributed by atoms with E-state index in [1.165, 1.54) is 25.7 Å². The van der Waals surface area contributed by atoms with Crippen molar-refractivity contribution in [3.05, 3.63) is 18.2 Å². The van der Waals surface area contributed by atoms with Crippen LogP contribution in [0.5, 0.6) is 0 Å². The van der Waals surface area contributed by atoms with E-state index in [2.05, 4.69) is 9.97 Å². The van der Waals surface area contributed by atoms with Crippen LogP contribution in [0.2, 0.25) is 0 Å². The highest BCUT2D eigenvalue weighted by Crippen LogP contribution is 2.24. The summed E-state index contributed by atoms with van der Waals surface area (Å²) in [4.78, 5) is 18.4. The minimum atomic E-state index is -0.600. The number of esters is 1.